The smallest absolute Gasteiger partial charge is 0.275 e. The average Bonchev–Trinajstić information content (AvgIpc) is 2.34. The number of nitrogens with one attached hydrogen (secondary N) is 2. The molecule has 1 rings (SSSR count). The molecule has 0 aromatic heterocycles. The number of non-ortho nitro benzene ring substituents is 1. The summed E-state index contributed by atoms with van der Waals surface area (Å²) in [6, 6.07) is 1.19. The zero-order valence-corrected chi connectivity index (χ0v) is 11.1. The van der Waals surface area contributed by atoms with Crippen molar-refractivity contribution in [3.05, 3.63) is 33.9 Å². The number of rotatable bonds is 6. The molecule has 1 amide bonds. The quantitative estimate of drug-likeness (QED) is 0.619. The van der Waals surface area contributed by atoms with Crippen LogP contribution in [0.25, 0.3) is 0 Å². The van der Waals surface area contributed by atoms with Crippen molar-refractivity contribution in [1.29, 1.82) is 0 Å². The summed E-state index contributed by atoms with van der Waals surface area (Å²) in [4.78, 5) is 20.9. The molecule has 8 heteroatoms. The molecule has 0 bridgehead atoms. The van der Waals surface area contributed by atoms with Crippen LogP contribution in [0.4, 0.5) is 20.2 Å². The van der Waals surface area contributed by atoms with Crippen molar-refractivity contribution in [3.63, 3.8) is 0 Å². The number of amides is 1. The Morgan fingerprint density at radius 1 is 1.35 bits per heavy atom. The van der Waals surface area contributed by atoms with Gasteiger partial charge < -0.3 is 10.6 Å². The first-order valence-corrected chi connectivity index (χ1v) is 5.95. The highest BCUT2D eigenvalue weighted by molar-refractivity contribution is 5.80. The maximum Gasteiger partial charge on any atom is 0.275 e. The molecule has 1 aromatic carbocycles. The van der Waals surface area contributed by atoms with Crippen molar-refractivity contribution < 1.29 is 18.5 Å². The number of nitro benzene ring substituents is 1. The van der Waals surface area contributed by atoms with Gasteiger partial charge in [0.25, 0.3) is 5.69 Å². The first-order chi connectivity index (χ1) is 9.31. The van der Waals surface area contributed by atoms with Crippen molar-refractivity contribution in [3.8, 4) is 0 Å². The van der Waals surface area contributed by atoms with E-state index in [2.05, 4.69) is 10.6 Å². The van der Waals surface area contributed by atoms with Crippen LogP contribution in [0, 0.1) is 27.7 Å². The third-order valence-corrected chi connectivity index (χ3v) is 2.37. The molecule has 0 spiro atoms. The second-order valence-electron chi connectivity index (χ2n) is 4.59. The fourth-order valence-corrected chi connectivity index (χ4v) is 1.38. The predicted octanol–water partition coefficient (Wildman–Crippen LogP) is 2.06. The minimum Gasteiger partial charge on any atom is -0.371 e. The minimum atomic E-state index is -1.12. The van der Waals surface area contributed by atoms with E-state index >= 15 is 0 Å². The Balaban J connectivity index is 2.69. The Bertz CT molecular complexity index is 498. The monoisotopic (exact) mass is 287 g/mol. The van der Waals surface area contributed by atoms with Crippen LogP contribution >= 0.6 is 0 Å². The van der Waals surface area contributed by atoms with E-state index in [1.807, 2.05) is 13.8 Å². The van der Waals surface area contributed by atoms with Gasteiger partial charge in [0.15, 0.2) is 11.6 Å². The number of hydrogen-bond acceptors (Lipinski definition) is 4. The van der Waals surface area contributed by atoms with Gasteiger partial charge in [-0.2, -0.15) is 0 Å². The van der Waals surface area contributed by atoms with Gasteiger partial charge in [0.05, 0.1) is 23.6 Å². The Morgan fingerprint density at radius 2 is 1.90 bits per heavy atom. The van der Waals surface area contributed by atoms with Crippen LogP contribution in [-0.2, 0) is 4.79 Å². The minimum absolute atomic E-state index is 0.256. The molecular weight excluding hydrogens is 272 g/mol. The summed E-state index contributed by atoms with van der Waals surface area (Å²) in [5.41, 5.74) is -1.25. The number of halogens is 2. The highest BCUT2D eigenvalue weighted by atomic mass is 19.1. The topological polar surface area (TPSA) is 84.3 Å². The molecular formula is C12H15F2N3O3. The van der Waals surface area contributed by atoms with Crippen LogP contribution in [0.15, 0.2) is 12.1 Å². The summed E-state index contributed by atoms with van der Waals surface area (Å²) in [7, 11) is 0. The number of hydrogen-bond donors (Lipinski definition) is 2. The summed E-state index contributed by atoms with van der Waals surface area (Å²) in [5, 5.41) is 15.3. The molecule has 110 valence electrons. The van der Waals surface area contributed by atoms with Crippen LogP contribution in [0.2, 0.25) is 0 Å². The van der Waals surface area contributed by atoms with Gasteiger partial charge in [0, 0.05) is 6.54 Å². The van der Waals surface area contributed by atoms with Gasteiger partial charge in [0.1, 0.15) is 5.69 Å². The lowest BCUT2D eigenvalue weighted by molar-refractivity contribution is -0.385. The van der Waals surface area contributed by atoms with Crippen molar-refractivity contribution >= 4 is 17.3 Å². The zero-order valence-electron chi connectivity index (χ0n) is 11.1. The average molecular weight is 287 g/mol. The normalized spacial score (nSPS) is 10.4. The predicted molar refractivity (Wildman–Crippen MR) is 69.3 cm³/mol. The first-order valence-electron chi connectivity index (χ1n) is 5.95. The van der Waals surface area contributed by atoms with E-state index in [0.717, 1.165) is 0 Å². The third kappa shape index (κ3) is 4.45. The molecule has 20 heavy (non-hydrogen) atoms. The fourth-order valence-electron chi connectivity index (χ4n) is 1.38. The van der Waals surface area contributed by atoms with Crippen molar-refractivity contribution in [2.24, 2.45) is 5.92 Å². The van der Waals surface area contributed by atoms with Crippen molar-refractivity contribution in [1.82, 2.24) is 5.32 Å². The van der Waals surface area contributed by atoms with Gasteiger partial charge in [-0.05, 0) is 5.92 Å². The maximum atomic E-state index is 13.5. The summed E-state index contributed by atoms with van der Waals surface area (Å²) in [6.45, 7) is 3.94. The molecule has 0 atom stereocenters. The summed E-state index contributed by atoms with van der Waals surface area (Å²) >= 11 is 0. The number of carbonyl (C=O) groups is 1. The van der Waals surface area contributed by atoms with Crippen LogP contribution < -0.4 is 10.6 Å². The van der Waals surface area contributed by atoms with Crippen molar-refractivity contribution in [2.45, 2.75) is 13.8 Å². The van der Waals surface area contributed by atoms with E-state index in [-0.39, 0.29) is 12.5 Å². The summed E-state index contributed by atoms with van der Waals surface area (Å²) < 4.78 is 27.0. The van der Waals surface area contributed by atoms with Gasteiger partial charge in [-0.25, -0.2) is 8.78 Å². The number of nitro groups is 1. The zero-order chi connectivity index (χ0) is 15.3. The van der Waals surface area contributed by atoms with E-state index in [0.29, 0.717) is 18.7 Å². The maximum absolute atomic E-state index is 13.5. The molecule has 0 fully saturated rings. The Labute approximate surface area is 114 Å². The number of nitrogens with zero attached hydrogens (tertiary/aromatic N) is 1. The highest BCUT2D eigenvalue weighted by Gasteiger charge is 2.17. The third-order valence-electron chi connectivity index (χ3n) is 2.37. The summed E-state index contributed by atoms with van der Waals surface area (Å²) in [6.07, 6.45) is 0. The molecule has 0 unspecified atom stereocenters. The molecule has 0 saturated carbocycles. The number of anilines is 1. The molecule has 0 saturated heterocycles. The number of carbonyl (C=O) groups excluding carboxylic acids is 1. The van der Waals surface area contributed by atoms with Crippen molar-refractivity contribution in [2.75, 3.05) is 18.4 Å². The van der Waals surface area contributed by atoms with Crippen LogP contribution in [0.1, 0.15) is 13.8 Å². The lowest BCUT2D eigenvalue weighted by atomic mass is 10.2. The lowest BCUT2D eigenvalue weighted by Gasteiger charge is -2.10. The van der Waals surface area contributed by atoms with E-state index in [4.69, 9.17) is 0 Å². The van der Waals surface area contributed by atoms with Gasteiger partial charge in [-0.1, -0.05) is 13.8 Å². The molecule has 2 N–H and O–H groups in total. The Morgan fingerprint density at radius 3 is 2.35 bits per heavy atom. The first kappa shape index (κ1) is 15.8. The standard InChI is InChI=1S/C12H15F2N3O3/c1-7(2)5-15-11(18)6-16-12-9(13)3-8(17(19)20)4-10(12)14/h3-4,7,16H,5-6H2,1-2H3,(H,15,18). The molecule has 0 heterocycles. The Hall–Kier alpha value is -2.25. The van der Waals surface area contributed by atoms with Gasteiger partial charge in [-0.3, -0.25) is 14.9 Å². The van der Waals surface area contributed by atoms with Gasteiger partial charge >= 0.3 is 0 Å². The molecule has 0 aliphatic heterocycles. The van der Waals surface area contributed by atoms with Crippen LogP contribution in [-0.4, -0.2) is 23.9 Å². The molecule has 0 aliphatic carbocycles. The van der Waals surface area contributed by atoms with E-state index < -0.39 is 33.8 Å². The second-order valence-corrected chi connectivity index (χ2v) is 4.59. The van der Waals surface area contributed by atoms with E-state index in [9.17, 15) is 23.7 Å². The van der Waals surface area contributed by atoms with E-state index in [1.165, 1.54) is 0 Å². The molecule has 0 radical (unpaired) electrons. The van der Waals surface area contributed by atoms with Crippen LogP contribution in [0.3, 0.4) is 0 Å². The fraction of sp³-hybridized carbons (Fsp3) is 0.417. The SMILES string of the molecule is CC(C)CNC(=O)CNc1c(F)cc([N+](=O)[O-])cc1F. The molecule has 1 aromatic rings. The lowest BCUT2D eigenvalue weighted by Crippen LogP contribution is -2.32. The van der Waals surface area contributed by atoms with Crippen LogP contribution in [0.5, 0.6) is 0 Å². The molecule has 6 nitrogen and oxygen atoms in total. The van der Waals surface area contributed by atoms with Gasteiger partial charge in [-0.15, -0.1) is 0 Å². The number of benzene rings is 1. The largest absolute Gasteiger partial charge is 0.371 e. The molecule has 0 aliphatic rings. The van der Waals surface area contributed by atoms with E-state index in [1.54, 1.807) is 0 Å². The second kappa shape index (κ2) is 6.78. The Kier molecular flexibility index (Phi) is 5.36. The van der Waals surface area contributed by atoms with Gasteiger partial charge in [0.2, 0.25) is 5.91 Å². The highest BCUT2D eigenvalue weighted by Crippen LogP contribution is 2.24. The summed E-state index contributed by atoms with van der Waals surface area (Å²) in [5.74, 6) is -2.40.